The van der Waals surface area contributed by atoms with Gasteiger partial charge < -0.3 is 10.2 Å². The molecular weight excluding hydrogens is 530 g/mol. The van der Waals surface area contributed by atoms with Crippen molar-refractivity contribution in [1.82, 2.24) is 0 Å². The molecule has 0 fully saturated rings. The summed E-state index contributed by atoms with van der Waals surface area (Å²) in [5, 5.41) is 17.5. The van der Waals surface area contributed by atoms with E-state index in [9.17, 15) is 35.2 Å². The molecular formula is C16H15BrF2N2O8S2. The highest BCUT2D eigenvalue weighted by atomic mass is 79.9. The lowest BCUT2D eigenvalue weighted by atomic mass is 10.2. The summed E-state index contributed by atoms with van der Waals surface area (Å²) in [6.45, 7) is 0. The third kappa shape index (κ3) is 8.85. The first-order chi connectivity index (χ1) is 14.0. The Morgan fingerprint density at radius 2 is 1.32 bits per heavy atom. The van der Waals surface area contributed by atoms with Crippen LogP contribution >= 0.6 is 15.9 Å². The molecule has 0 saturated heterocycles. The number of sulfonamides is 2. The lowest BCUT2D eigenvalue weighted by Crippen LogP contribution is -2.14. The number of carboxylic acid groups (broad SMARTS) is 2. The SMILES string of the molecule is CS(=O)(=O)Nc1c(Br)cc(F)cc1C(=O)O.CS(=O)(=O)Nc1ccc(F)cc1C(=O)O. The highest BCUT2D eigenvalue weighted by molar-refractivity contribution is 9.10. The van der Waals surface area contributed by atoms with E-state index in [1.54, 1.807) is 0 Å². The largest absolute Gasteiger partial charge is 0.478 e. The van der Waals surface area contributed by atoms with E-state index < -0.39 is 54.7 Å². The van der Waals surface area contributed by atoms with Gasteiger partial charge in [-0.1, -0.05) is 0 Å². The second-order valence-electron chi connectivity index (χ2n) is 5.86. The molecule has 0 radical (unpaired) electrons. The van der Waals surface area contributed by atoms with Gasteiger partial charge in [-0.25, -0.2) is 35.2 Å². The summed E-state index contributed by atoms with van der Waals surface area (Å²) < 4.78 is 73.4. The fraction of sp³-hybridized carbons (Fsp3) is 0.125. The van der Waals surface area contributed by atoms with E-state index in [1.807, 2.05) is 9.44 Å². The van der Waals surface area contributed by atoms with E-state index in [2.05, 4.69) is 15.9 Å². The van der Waals surface area contributed by atoms with E-state index in [1.165, 1.54) is 0 Å². The normalized spacial score (nSPS) is 11.1. The van der Waals surface area contributed by atoms with Crippen LogP contribution in [-0.4, -0.2) is 51.5 Å². The van der Waals surface area contributed by atoms with E-state index in [4.69, 9.17) is 10.2 Å². The number of halogens is 3. The molecule has 4 N–H and O–H groups in total. The van der Waals surface area contributed by atoms with E-state index in [0.29, 0.717) is 0 Å². The van der Waals surface area contributed by atoms with E-state index >= 15 is 0 Å². The summed E-state index contributed by atoms with van der Waals surface area (Å²) in [7, 11) is -7.22. The molecule has 31 heavy (non-hydrogen) atoms. The number of carboxylic acids is 2. The number of benzene rings is 2. The summed E-state index contributed by atoms with van der Waals surface area (Å²) in [6.07, 6.45) is 1.75. The highest BCUT2D eigenvalue weighted by Gasteiger charge is 2.18. The Kier molecular flexibility index (Phi) is 8.48. The van der Waals surface area contributed by atoms with Gasteiger partial charge in [-0.05, 0) is 46.3 Å². The zero-order valence-electron chi connectivity index (χ0n) is 15.7. The van der Waals surface area contributed by atoms with Crippen LogP contribution in [0.3, 0.4) is 0 Å². The molecule has 0 heterocycles. The quantitative estimate of drug-likeness (QED) is 0.430. The highest BCUT2D eigenvalue weighted by Crippen LogP contribution is 2.28. The number of nitrogens with one attached hydrogen (secondary N) is 2. The monoisotopic (exact) mass is 544 g/mol. The van der Waals surface area contributed by atoms with Crippen molar-refractivity contribution in [2.75, 3.05) is 22.0 Å². The smallest absolute Gasteiger partial charge is 0.337 e. The van der Waals surface area contributed by atoms with Gasteiger partial charge in [0.15, 0.2) is 0 Å². The standard InChI is InChI=1S/C8H7BrFNO4S.C8H8FNO4S/c1-16(14,15)11-7-5(8(12)13)2-4(10)3-6(7)9;1-15(13,14)10-7-3-2-5(9)4-6(7)8(11)12/h2-3,11H,1H3,(H,12,13);2-4,10H,1H3,(H,11,12). The lowest BCUT2D eigenvalue weighted by molar-refractivity contribution is 0.0686. The minimum Gasteiger partial charge on any atom is -0.478 e. The van der Waals surface area contributed by atoms with Gasteiger partial charge in [0.25, 0.3) is 0 Å². The number of hydrogen-bond donors (Lipinski definition) is 4. The molecule has 0 spiro atoms. The Labute approximate surface area is 184 Å². The van der Waals surface area contributed by atoms with Crippen molar-refractivity contribution in [2.24, 2.45) is 0 Å². The molecule has 2 aromatic rings. The molecule has 0 atom stereocenters. The first-order valence-electron chi connectivity index (χ1n) is 7.71. The fourth-order valence-corrected chi connectivity index (χ4v) is 3.84. The van der Waals surface area contributed by atoms with E-state index in [-0.39, 0.29) is 15.8 Å². The Bertz CT molecular complexity index is 1230. The summed E-state index contributed by atoms with van der Waals surface area (Å²) >= 11 is 2.89. The fourth-order valence-electron chi connectivity index (χ4n) is 2.01. The summed E-state index contributed by atoms with van der Waals surface area (Å²) in [5.41, 5.74) is -1.25. The van der Waals surface area contributed by atoms with Crippen molar-refractivity contribution in [3.63, 3.8) is 0 Å². The second-order valence-corrected chi connectivity index (χ2v) is 10.2. The van der Waals surface area contributed by atoms with Crippen LogP contribution < -0.4 is 9.44 Å². The number of anilines is 2. The topological polar surface area (TPSA) is 167 Å². The maximum absolute atomic E-state index is 12.9. The Morgan fingerprint density at radius 1 is 0.839 bits per heavy atom. The maximum atomic E-state index is 12.9. The molecule has 0 saturated carbocycles. The van der Waals surface area contributed by atoms with Crippen LogP contribution in [0.1, 0.15) is 20.7 Å². The van der Waals surface area contributed by atoms with Crippen molar-refractivity contribution < 1.29 is 45.4 Å². The Balaban J connectivity index is 0.000000311. The zero-order valence-corrected chi connectivity index (χ0v) is 18.9. The summed E-state index contributed by atoms with van der Waals surface area (Å²) in [6, 6.07) is 4.48. The third-order valence-corrected chi connectivity index (χ3v) is 4.87. The first kappa shape index (κ1) is 26.3. The van der Waals surface area contributed by atoms with Gasteiger partial charge in [0.1, 0.15) is 11.6 Å². The minimum atomic E-state index is -3.63. The minimum absolute atomic E-state index is 0.0234. The van der Waals surface area contributed by atoms with Crippen molar-refractivity contribution in [3.8, 4) is 0 Å². The van der Waals surface area contributed by atoms with Gasteiger partial charge in [-0.15, -0.1) is 0 Å². The molecule has 15 heteroatoms. The van der Waals surface area contributed by atoms with Gasteiger partial charge in [0.2, 0.25) is 20.0 Å². The molecule has 0 bridgehead atoms. The van der Waals surface area contributed by atoms with Crippen LogP contribution in [0.4, 0.5) is 20.2 Å². The van der Waals surface area contributed by atoms with Gasteiger partial charge in [0, 0.05) is 4.47 Å². The zero-order chi connectivity index (χ0) is 24.1. The van der Waals surface area contributed by atoms with Crippen LogP contribution in [0, 0.1) is 11.6 Å². The molecule has 0 aliphatic carbocycles. The molecule has 170 valence electrons. The van der Waals surface area contributed by atoms with Crippen molar-refractivity contribution in [2.45, 2.75) is 0 Å². The van der Waals surface area contributed by atoms with Gasteiger partial charge in [0.05, 0.1) is 35.0 Å². The van der Waals surface area contributed by atoms with Crippen LogP contribution in [0.2, 0.25) is 0 Å². The molecule has 0 unspecified atom stereocenters. The summed E-state index contributed by atoms with van der Waals surface area (Å²) in [5.74, 6) is -4.35. The first-order valence-corrected chi connectivity index (χ1v) is 12.3. The Morgan fingerprint density at radius 3 is 1.77 bits per heavy atom. The summed E-state index contributed by atoms with van der Waals surface area (Å²) in [4.78, 5) is 21.4. The van der Waals surface area contributed by atoms with Crippen LogP contribution in [0.25, 0.3) is 0 Å². The number of carbonyl (C=O) groups is 2. The third-order valence-electron chi connectivity index (χ3n) is 3.08. The number of rotatable bonds is 6. The van der Waals surface area contributed by atoms with Crippen molar-refractivity contribution in [3.05, 3.63) is 57.6 Å². The van der Waals surface area contributed by atoms with Gasteiger partial charge in [-0.3, -0.25) is 9.44 Å². The molecule has 10 nitrogen and oxygen atoms in total. The second kappa shape index (κ2) is 10.0. The average Bonchev–Trinajstić information content (AvgIpc) is 2.56. The lowest BCUT2D eigenvalue weighted by Gasteiger charge is -2.10. The maximum Gasteiger partial charge on any atom is 0.337 e. The van der Waals surface area contributed by atoms with Crippen molar-refractivity contribution >= 4 is 59.3 Å². The van der Waals surface area contributed by atoms with Crippen LogP contribution in [-0.2, 0) is 20.0 Å². The predicted molar refractivity (Wildman–Crippen MR) is 111 cm³/mol. The Hall–Kier alpha value is -2.78. The van der Waals surface area contributed by atoms with Gasteiger partial charge >= 0.3 is 11.9 Å². The van der Waals surface area contributed by atoms with E-state index in [0.717, 1.165) is 42.8 Å². The van der Waals surface area contributed by atoms with Gasteiger partial charge in [-0.2, -0.15) is 0 Å². The molecule has 2 aromatic carbocycles. The molecule has 2 rings (SSSR count). The average molecular weight is 545 g/mol. The predicted octanol–water partition coefficient (Wildman–Crippen LogP) is 2.55. The van der Waals surface area contributed by atoms with Crippen molar-refractivity contribution in [1.29, 1.82) is 0 Å². The molecule has 0 aliphatic heterocycles. The van der Waals surface area contributed by atoms with Crippen LogP contribution in [0.15, 0.2) is 34.8 Å². The van der Waals surface area contributed by atoms with Crippen LogP contribution in [0.5, 0.6) is 0 Å². The molecule has 0 aromatic heterocycles. The molecule has 0 aliphatic rings. The number of aromatic carboxylic acids is 2. The molecule has 0 amide bonds. The number of hydrogen-bond acceptors (Lipinski definition) is 6.